The molecule has 0 bridgehead atoms. The molecule has 57 heavy (non-hydrogen) atoms. The van der Waals surface area contributed by atoms with Crippen LogP contribution in [0.15, 0.2) is 200 Å². The number of nitrogens with zero attached hydrogens (tertiary/aromatic N) is 3. The minimum atomic E-state index is -0.488. The highest BCUT2D eigenvalue weighted by molar-refractivity contribution is 6.12. The standard InChI is InChI=1S/C52H39N5/c53-52(51-42(20-11-31-55(51)54)36-25-23-35(24-26-36)41-19-10-13-34-12-4-5-16-40(34)41)57-48-22-9-7-18-44(48)46-33-38(28-30-50(46)57)37-27-29-49-45(32-37)43-17-6-8-21-47(43)56(49)39-14-2-1-3-15-39/h1-33,51-52H,53-54H2/t51?,52-/m0/s1. The molecular formula is C52H39N5. The molecule has 272 valence electrons. The zero-order valence-corrected chi connectivity index (χ0v) is 31.2. The van der Waals surface area contributed by atoms with Gasteiger partial charge >= 0.3 is 0 Å². The number of fused-ring (bicyclic) bond motifs is 7. The van der Waals surface area contributed by atoms with E-state index in [1.165, 1.54) is 49.3 Å². The molecule has 0 saturated carbocycles. The first-order chi connectivity index (χ1) is 28.1. The Bertz CT molecular complexity index is 3220. The van der Waals surface area contributed by atoms with Crippen LogP contribution in [0, 0.1) is 0 Å². The van der Waals surface area contributed by atoms with Gasteiger partial charge in [0.15, 0.2) is 0 Å². The van der Waals surface area contributed by atoms with Crippen LogP contribution in [0.5, 0.6) is 0 Å². The van der Waals surface area contributed by atoms with Gasteiger partial charge in [-0.25, -0.2) is 5.84 Å². The Hall–Kier alpha value is -7.18. The van der Waals surface area contributed by atoms with Crippen molar-refractivity contribution in [2.24, 2.45) is 11.6 Å². The van der Waals surface area contributed by atoms with E-state index >= 15 is 0 Å². The molecule has 10 aromatic rings. The number of para-hydroxylation sites is 3. The minimum Gasteiger partial charge on any atom is -0.322 e. The minimum absolute atomic E-state index is 0.318. The van der Waals surface area contributed by atoms with Crippen molar-refractivity contribution in [2.75, 3.05) is 0 Å². The first-order valence-electron chi connectivity index (χ1n) is 19.5. The van der Waals surface area contributed by atoms with Gasteiger partial charge in [-0.3, -0.25) is 0 Å². The number of hydrogen-bond acceptors (Lipinski definition) is 3. The molecule has 0 fully saturated rings. The summed E-state index contributed by atoms with van der Waals surface area (Å²) in [6, 6.07) is 65.0. The molecule has 0 amide bonds. The predicted molar refractivity (Wildman–Crippen MR) is 239 cm³/mol. The summed E-state index contributed by atoms with van der Waals surface area (Å²) in [6.07, 6.45) is 5.58. The molecule has 4 N–H and O–H groups in total. The Balaban J connectivity index is 0.990. The summed E-state index contributed by atoms with van der Waals surface area (Å²) in [6.45, 7) is 0. The van der Waals surface area contributed by atoms with E-state index in [9.17, 15) is 0 Å². The first-order valence-corrected chi connectivity index (χ1v) is 19.5. The number of hydrazine groups is 1. The van der Waals surface area contributed by atoms with Crippen molar-refractivity contribution < 1.29 is 0 Å². The van der Waals surface area contributed by atoms with Crippen molar-refractivity contribution in [3.05, 3.63) is 206 Å². The maximum absolute atomic E-state index is 7.43. The topological polar surface area (TPSA) is 65.1 Å². The van der Waals surface area contributed by atoms with Crippen molar-refractivity contribution in [3.8, 4) is 27.9 Å². The van der Waals surface area contributed by atoms with Crippen LogP contribution in [0.25, 0.3) is 87.9 Å². The van der Waals surface area contributed by atoms with E-state index in [2.05, 4.69) is 197 Å². The predicted octanol–water partition coefficient (Wildman–Crippen LogP) is 12.0. The van der Waals surface area contributed by atoms with Crippen molar-refractivity contribution in [2.45, 2.75) is 12.2 Å². The zero-order valence-electron chi connectivity index (χ0n) is 31.2. The molecule has 0 aliphatic carbocycles. The fourth-order valence-electron chi connectivity index (χ4n) is 9.20. The molecule has 3 heterocycles. The lowest BCUT2D eigenvalue weighted by molar-refractivity contribution is 0.263. The van der Waals surface area contributed by atoms with Crippen molar-refractivity contribution in [1.29, 1.82) is 0 Å². The summed E-state index contributed by atoms with van der Waals surface area (Å²) in [5.41, 5.74) is 20.0. The van der Waals surface area contributed by atoms with E-state index in [1.54, 1.807) is 5.01 Å². The number of hydrogen-bond donors (Lipinski definition) is 2. The van der Waals surface area contributed by atoms with Crippen LogP contribution in [-0.4, -0.2) is 20.2 Å². The third-order valence-corrected chi connectivity index (χ3v) is 11.8. The van der Waals surface area contributed by atoms with Crippen molar-refractivity contribution >= 4 is 60.0 Å². The number of allylic oxidation sites excluding steroid dienone is 2. The van der Waals surface area contributed by atoms with Crippen LogP contribution >= 0.6 is 0 Å². The van der Waals surface area contributed by atoms with Gasteiger partial charge in [-0.2, -0.15) is 0 Å². The Kier molecular flexibility index (Phi) is 7.71. The molecule has 1 aliphatic heterocycles. The largest absolute Gasteiger partial charge is 0.322 e. The second-order valence-electron chi connectivity index (χ2n) is 15.0. The summed E-state index contributed by atoms with van der Waals surface area (Å²) in [5, 5.41) is 9.02. The van der Waals surface area contributed by atoms with Crippen molar-refractivity contribution in [1.82, 2.24) is 14.1 Å². The van der Waals surface area contributed by atoms with Crippen LogP contribution in [-0.2, 0) is 0 Å². The van der Waals surface area contributed by atoms with Gasteiger partial charge in [-0.15, -0.1) is 0 Å². The SMILES string of the molecule is N[C@H](C1C(c2ccc(-c3cccc4ccccc34)cc2)=CC=CN1N)n1c2ccccc2c2cc(-c3ccc4c(c3)c3ccccc3n4-c3ccccc3)ccc21. The molecule has 0 spiro atoms. The van der Waals surface area contributed by atoms with Crippen LogP contribution in [0.4, 0.5) is 0 Å². The van der Waals surface area contributed by atoms with Gasteiger partial charge in [0.25, 0.3) is 0 Å². The Morgan fingerprint density at radius 1 is 0.456 bits per heavy atom. The van der Waals surface area contributed by atoms with E-state index in [0.29, 0.717) is 0 Å². The first kappa shape index (κ1) is 33.2. The third kappa shape index (κ3) is 5.32. The summed E-state index contributed by atoms with van der Waals surface area (Å²) >= 11 is 0. The Morgan fingerprint density at radius 3 is 1.77 bits per heavy atom. The lowest BCUT2D eigenvalue weighted by Crippen LogP contribution is -2.47. The molecule has 5 nitrogen and oxygen atoms in total. The van der Waals surface area contributed by atoms with E-state index in [0.717, 1.165) is 44.2 Å². The fourth-order valence-corrected chi connectivity index (χ4v) is 9.20. The zero-order chi connectivity index (χ0) is 38.0. The molecule has 0 radical (unpaired) electrons. The van der Waals surface area contributed by atoms with E-state index in [-0.39, 0.29) is 6.04 Å². The average Bonchev–Trinajstić information content (AvgIpc) is 3.78. The van der Waals surface area contributed by atoms with Crippen molar-refractivity contribution in [3.63, 3.8) is 0 Å². The van der Waals surface area contributed by atoms with Gasteiger partial charge in [0.1, 0.15) is 12.2 Å². The van der Waals surface area contributed by atoms with E-state index in [4.69, 9.17) is 11.6 Å². The second kappa shape index (κ2) is 13.2. The van der Waals surface area contributed by atoms with Crippen LogP contribution in [0.1, 0.15) is 11.7 Å². The molecule has 5 heteroatoms. The number of nitrogens with two attached hydrogens (primary N) is 2. The normalized spacial score (nSPS) is 14.9. The molecule has 1 aliphatic rings. The van der Waals surface area contributed by atoms with Crippen LogP contribution < -0.4 is 11.6 Å². The monoisotopic (exact) mass is 733 g/mol. The molecule has 0 saturated heterocycles. The summed E-state index contributed by atoms with van der Waals surface area (Å²) in [4.78, 5) is 0. The number of rotatable bonds is 6. The van der Waals surface area contributed by atoms with E-state index < -0.39 is 6.17 Å². The van der Waals surface area contributed by atoms with Gasteiger partial charge < -0.3 is 19.9 Å². The van der Waals surface area contributed by atoms with Gasteiger partial charge in [0.05, 0.1) is 22.1 Å². The summed E-state index contributed by atoms with van der Waals surface area (Å²) in [5.74, 6) is 6.82. The molecule has 2 aromatic heterocycles. The number of benzene rings is 8. The highest BCUT2D eigenvalue weighted by Gasteiger charge is 2.31. The lowest BCUT2D eigenvalue weighted by atomic mass is 9.91. The lowest BCUT2D eigenvalue weighted by Gasteiger charge is -2.36. The van der Waals surface area contributed by atoms with E-state index in [1.807, 2.05) is 12.3 Å². The fraction of sp³-hybridized carbons (Fsp3) is 0.0385. The maximum Gasteiger partial charge on any atom is 0.108 e. The smallest absolute Gasteiger partial charge is 0.108 e. The molecule has 8 aromatic carbocycles. The Morgan fingerprint density at radius 2 is 1.00 bits per heavy atom. The second-order valence-corrected chi connectivity index (χ2v) is 15.0. The Labute approximate surface area is 330 Å². The van der Waals surface area contributed by atoms with Crippen LogP contribution in [0.2, 0.25) is 0 Å². The maximum atomic E-state index is 7.43. The molecule has 11 rings (SSSR count). The molecule has 2 atom stereocenters. The highest BCUT2D eigenvalue weighted by Crippen LogP contribution is 2.40. The quantitative estimate of drug-likeness (QED) is 0.167. The van der Waals surface area contributed by atoms with Gasteiger partial charge in [0, 0.05) is 33.4 Å². The van der Waals surface area contributed by atoms with Gasteiger partial charge in [-0.05, 0) is 98.8 Å². The molecular weight excluding hydrogens is 695 g/mol. The van der Waals surface area contributed by atoms with Crippen LogP contribution in [0.3, 0.4) is 0 Å². The van der Waals surface area contributed by atoms with Gasteiger partial charge in [0.2, 0.25) is 0 Å². The number of aromatic nitrogens is 2. The summed E-state index contributed by atoms with van der Waals surface area (Å²) in [7, 11) is 0. The highest BCUT2D eigenvalue weighted by atomic mass is 15.4. The third-order valence-electron chi connectivity index (χ3n) is 11.8. The molecule has 1 unspecified atom stereocenters. The van der Waals surface area contributed by atoms with Gasteiger partial charge in [-0.1, -0.05) is 140 Å². The summed E-state index contributed by atoms with van der Waals surface area (Å²) < 4.78 is 4.63. The average molecular weight is 734 g/mol.